The number of ketones is 1. The van der Waals surface area contributed by atoms with Gasteiger partial charge in [-0.25, -0.2) is 0 Å². The summed E-state index contributed by atoms with van der Waals surface area (Å²) in [4.78, 5) is 32.6. The molecule has 0 saturated heterocycles. The average molecular weight is 411 g/mol. The third kappa shape index (κ3) is 3.68. The monoisotopic (exact) mass is 410 g/mol. The molecule has 1 aliphatic carbocycles. The van der Waals surface area contributed by atoms with Crippen LogP contribution in [0, 0.1) is 5.92 Å². The number of carbonyl (C=O) groups is 2. The van der Waals surface area contributed by atoms with Crippen LogP contribution in [-0.4, -0.2) is 38.9 Å². The largest absolute Gasteiger partial charge is 0.508 e. The van der Waals surface area contributed by atoms with Crippen LogP contribution in [0.4, 0.5) is 11.8 Å². The lowest BCUT2D eigenvalue weighted by molar-refractivity contribution is -0.121. The fourth-order valence-corrected chi connectivity index (χ4v) is 4.58. The number of hydrogen-bond acceptors (Lipinski definition) is 5. The van der Waals surface area contributed by atoms with E-state index in [0.717, 1.165) is 18.4 Å². The van der Waals surface area contributed by atoms with Crippen molar-refractivity contribution in [1.29, 1.82) is 0 Å². The highest BCUT2D eigenvalue weighted by Gasteiger charge is 2.42. The molecule has 160 valence electrons. The zero-order valence-corrected chi connectivity index (χ0v) is 17.7. The summed E-state index contributed by atoms with van der Waals surface area (Å²) in [5.74, 6) is 0.360. The van der Waals surface area contributed by atoms with Crippen LogP contribution in [0.25, 0.3) is 0 Å². The molecule has 7 nitrogen and oxygen atoms in total. The van der Waals surface area contributed by atoms with Gasteiger partial charge in [0.1, 0.15) is 17.4 Å². The number of aromatic nitrogens is 2. The Hall–Kier alpha value is -2.83. The van der Waals surface area contributed by atoms with E-state index in [4.69, 9.17) is 4.98 Å². The number of Topliss-reactive ketones (excluding diaryl/α,β-unsaturated/α-hetero) is 1. The van der Waals surface area contributed by atoms with Crippen molar-refractivity contribution in [2.24, 2.45) is 5.92 Å². The second kappa shape index (κ2) is 8.50. The topological polar surface area (TPSA) is 87.5 Å². The minimum atomic E-state index is -0.657. The van der Waals surface area contributed by atoms with Crippen molar-refractivity contribution in [1.82, 2.24) is 9.55 Å². The van der Waals surface area contributed by atoms with Gasteiger partial charge in [-0.15, -0.1) is 0 Å². The Balaban J connectivity index is 1.79. The molecular weight excluding hydrogens is 380 g/mol. The molecule has 1 saturated carbocycles. The molecule has 4 rings (SSSR count). The van der Waals surface area contributed by atoms with Crippen LogP contribution in [0.1, 0.15) is 68.4 Å². The van der Waals surface area contributed by atoms with Crippen LogP contribution in [0.2, 0.25) is 0 Å². The molecule has 2 heterocycles. The normalized spacial score (nSPS) is 19.8. The summed E-state index contributed by atoms with van der Waals surface area (Å²) in [5.41, 5.74) is 1.47. The molecule has 7 heteroatoms. The summed E-state index contributed by atoms with van der Waals surface area (Å²) < 4.78 is 1.93. The zero-order valence-electron chi connectivity index (χ0n) is 17.7. The number of carbonyl (C=O) groups excluding carboxylic acids is 2. The van der Waals surface area contributed by atoms with Crippen LogP contribution in [-0.2, 0) is 11.3 Å². The first-order valence-electron chi connectivity index (χ1n) is 11.0. The molecule has 1 fully saturated rings. The van der Waals surface area contributed by atoms with Crippen molar-refractivity contribution in [3.8, 4) is 5.75 Å². The van der Waals surface area contributed by atoms with E-state index in [1.54, 1.807) is 17.0 Å². The standard InChI is InChI=1S/C23H30N4O3/c1-3-18-20(29)19-21(26(4-2)22(18)30)25-23(24-16-8-6-5-7-9-16)27(19)14-15-10-12-17(28)13-11-15/h10-13,16,18,28H,3-9,14H2,1-2H3,(H,24,25). The smallest absolute Gasteiger partial charge is 0.239 e. The lowest BCUT2D eigenvalue weighted by Gasteiger charge is -2.29. The summed E-state index contributed by atoms with van der Waals surface area (Å²) in [6.45, 7) is 4.72. The van der Waals surface area contributed by atoms with E-state index in [-0.39, 0.29) is 17.4 Å². The minimum Gasteiger partial charge on any atom is -0.508 e. The third-order valence-corrected chi connectivity index (χ3v) is 6.26. The van der Waals surface area contributed by atoms with Crippen LogP contribution >= 0.6 is 0 Å². The first kappa shape index (κ1) is 20.4. The number of nitrogens with zero attached hydrogens (tertiary/aromatic N) is 3. The number of phenolic OH excluding ortho intramolecular Hbond substituents is 1. The molecule has 1 aliphatic heterocycles. The summed E-state index contributed by atoms with van der Waals surface area (Å²) >= 11 is 0. The predicted molar refractivity (Wildman–Crippen MR) is 116 cm³/mol. The van der Waals surface area contributed by atoms with Gasteiger partial charge < -0.3 is 15.0 Å². The Morgan fingerprint density at radius 3 is 2.43 bits per heavy atom. The number of amides is 1. The van der Waals surface area contributed by atoms with E-state index in [9.17, 15) is 14.7 Å². The van der Waals surface area contributed by atoms with Gasteiger partial charge >= 0.3 is 0 Å². The first-order chi connectivity index (χ1) is 14.5. The van der Waals surface area contributed by atoms with Crippen LogP contribution in [0.5, 0.6) is 5.75 Å². The van der Waals surface area contributed by atoms with Crippen molar-refractivity contribution in [3.63, 3.8) is 0 Å². The van der Waals surface area contributed by atoms with E-state index in [0.29, 0.717) is 43.0 Å². The van der Waals surface area contributed by atoms with Gasteiger partial charge in [-0.2, -0.15) is 4.98 Å². The maximum atomic E-state index is 13.3. The molecule has 1 aromatic carbocycles. The molecule has 1 unspecified atom stereocenters. The van der Waals surface area contributed by atoms with Crippen molar-refractivity contribution >= 4 is 23.5 Å². The van der Waals surface area contributed by atoms with Crippen molar-refractivity contribution in [3.05, 3.63) is 35.5 Å². The zero-order chi connectivity index (χ0) is 21.3. The summed E-state index contributed by atoms with van der Waals surface area (Å²) in [7, 11) is 0. The summed E-state index contributed by atoms with van der Waals surface area (Å²) in [6.07, 6.45) is 6.27. The van der Waals surface area contributed by atoms with Crippen molar-refractivity contribution in [2.45, 2.75) is 65.0 Å². The third-order valence-electron chi connectivity index (χ3n) is 6.26. The number of hydrogen-bond donors (Lipinski definition) is 2. The van der Waals surface area contributed by atoms with Gasteiger partial charge in [-0.3, -0.25) is 14.5 Å². The Morgan fingerprint density at radius 1 is 1.10 bits per heavy atom. The maximum Gasteiger partial charge on any atom is 0.239 e. The molecule has 2 aliphatic rings. The minimum absolute atomic E-state index is 0.148. The van der Waals surface area contributed by atoms with Gasteiger partial charge in [0.15, 0.2) is 11.6 Å². The Kier molecular flexibility index (Phi) is 5.79. The fraction of sp³-hybridized carbons (Fsp3) is 0.522. The predicted octanol–water partition coefficient (Wildman–Crippen LogP) is 3.96. The molecule has 2 aromatic rings. The summed E-state index contributed by atoms with van der Waals surface area (Å²) in [5, 5.41) is 13.2. The number of phenols is 1. The van der Waals surface area contributed by atoms with Gasteiger partial charge in [0.25, 0.3) is 0 Å². The Morgan fingerprint density at radius 2 is 1.80 bits per heavy atom. The summed E-state index contributed by atoms with van der Waals surface area (Å²) in [6, 6.07) is 7.31. The van der Waals surface area contributed by atoms with E-state index in [1.807, 2.05) is 30.5 Å². The van der Waals surface area contributed by atoms with Gasteiger partial charge in [0.05, 0.1) is 6.54 Å². The lowest BCUT2D eigenvalue weighted by atomic mass is 9.93. The SMILES string of the molecule is CCC1C(=O)c2c(nc(NC3CCCCC3)n2Cc2ccc(O)cc2)N(CC)C1=O. The quantitative estimate of drug-likeness (QED) is 0.704. The van der Waals surface area contributed by atoms with Gasteiger partial charge in [0, 0.05) is 12.6 Å². The second-order valence-electron chi connectivity index (χ2n) is 8.25. The number of aromatic hydroxyl groups is 1. The van der Waals surface area contributed by atoms with Crippen molar-refractivity contribution < 1.29 is 14.7 Å². The van der Waals surface area contributed by atoms with E-state index < -0.39 is 5.92 Å². The molecule has 0 radical (unpaired) electrons. The highest BCUT2D eigenvalue weighted by molar-refractivity contribution is 6.20. The number of benzene rings is 1. The number of rotatable bonds is 6. The first-order valence-corrected chi connectivity index (χ1v) is 11.0. The van der Waals surface area contributed by atoms with E-state index in [1.165, 1.54) is 19.3 Å². The molecule has 2 N–H and O–H groups in total. The number of nitrogens with one attached hydrogen (secondary N) is 1. The molecule has 1 atom stereocenters. The van der Waals surface area contributed by atoms with E-state index in [2.05, 4.69) is 5.32 Å². The molecule has 0 bridgehead atoms. The molecule has 30 heavy (non-hydrogen) atoms. The van der Waals surface area contributed by atoms with E-state index >= 15 is 0 Å². The fourth-order valence-electron chi connectivity index (χ4n) is 4.58. The molecule has 0 spiro atoms. The van der Waals surface area contributed by atoms with Crippen LogP contribution in [0.3, 0.4) is 0 Å². The molecule has 1 aromatic heterocycles. The maximum absolute atomic E-state index is 13.3. The lowest BCUT2D eigenvalue weighted by Crippen LogP contribution is -2.45. The van der Waals surface area contributed by atoms with Crippen LogP contribution in [0.15, 0.2) is 24.3 Å². The van der Waals surface area contributed by atoms with Gasteiger partial charge in [-0.05, 0) is 43.9 Å². The second-order valence-corrected chi connectivity index (χ2v) is 8.25. The Bertz CT molecular complexity index is 929. The molecule has 1 amide bonds. The number of anilines is 2. The van der Waals surface area contributed by atoms with Gasteiger partial charge in [-0.1, -0.05) is 38.3 Å². The molecular formula is C23H30N4O3. The van der Waals surface area contributed by atoms with Gasteiger partial charge in [0.2, 0.25) is 11.9 Å². The highest BCUT2D eigenvalue weighted by Crippen LogP contribution is 2.35. The average Bonchev–Trinajstić information content (AvgIpc) is 3.09. The van der Waals surface area contributed by atoms with Crippen LogP contribution < -0.4 is 10.2 Å². The number of imidazole rings is 1. The Labute approximate surface area is 177 Å². The number of fused-ring (bicyclic) bond motifs is 1. The van der Waals surface area contributed by atoms with Crippen molar-refractivity contribution in [2.75, 3.05) is 16.8 Å². The highest BCUT2D eigenvalue weighted by atomic mass is 16.3.